The molecule has 17 heavy (non-hydrogen) atoms. The summed E-state index contributed by atoms with van der Waals surface area (Å²) in [4.78, 5) is 0. The molecule has 5 heteroatoms. The van der Waals surface area contributed by atoms with Gasteiger partial charge in [0.2, 0.25) is 0 Å². The Balaban J connectivity index is 1.89. The van der Waals surface area contributed by atoms with Crippen LogP contribution in [0.5, 0.6) is 0 Å². The van der Waals surface area contributed by atoms with Crippen molar-refractivity contribution in [3.8, 4) is 0 Å². The molecule has 0 amide bonds. The van der Waals surface area contributed by atoms with Crippen molar-refractivity contribution in [1.29, 1.82) is 0 Å². The van der Waals surface area contributed by atoms with E-state index >= 15 is 0 Å². The number of pyridine rings is 1. The van der Waals surface area contributed by atoms with Gasteiger partial charge in [0.05, 0.1) is 0 Å². The highest BCUT2D eigenvalue weighted by atomic mass is 16.5. The normalized spacial score (nSPS) is 17.6. The van der Waals surface area contributed by atoms with Crippen LogP contribution in [0.2, 0.25) is 0 Å². The van der Waals surface area contributed by atoms with Gasteiger partial charge in [0.15, 0.2) is 5.65 Å². The number of ether oxygens (including phenoxy) is 1. The van der Waals surface area contributed by atoms with Crippen molar-refractivity contribution in [2.75, 3.05) is 18.9 Å². The van der Waals surface area contributed by atoms with Gasteiger partial charge in [0.25, 0.3) is 0 Å². The number of aromatic nitrogens is 3. The van der Waals surface area contributed by atoms with Gasteiger partial charge in [-0.3, -0.25) is 4.40 Å². The van der Waals surface area contributed by atoms with E-state index in [9.17, 15) is 0 Å². The fourth-order valence-corrected chi connectivity index (χ4v) is 2.37. The molecule has 1 fully saturated rings. The maximum atomic E-state index is 5.96. The van der Waals surface area contributed by atoms with Crippen LogP contribution >= 0.6 is 0 Å². The highest BCUT2D eigenvalue weighted by Gasteiger charge is 2.17. The van der Waals surface area contributed by atoms with Gasteiger partial charge in [-0.15, -0.1) is 10.2 Å². The average Bonchev–Trinajstić information content (AvgIpc) is 2.75. The van der Waals surface area contributed by atoms with Gasteiger partial charge < -0.3 is 10.5 Å². The predicted molar refractivity (Wildman–Crippen MR) is 64.6 cm³/mol. The van der Waals surface area contributed by atoms with Gasteiger partial charge in [-0.05, 0) is 30.9 Å². The number of nitrogens with two attached hydrogens (primary N) is 1. The minimum atomic E-state index is 0.635. The first-order valence-electron chi connectivity index (χ1n) is 6.01. The first-order valence-corrected chi connectivity index (χ1v) is 6.01. The summed E-state index contributed by atoms with van der Waals surface area (Å²) in [7, 11) is 0. The smallest absolute Gasteiger partial charge is 0.162 e. The number of nitrogens with zero attached hydrogens (tertiary/aromatic N) is 3. The molecule has 5 nitrogen and oxygen atoms in total. The van der Waals surface area contributed by atoms with Crippen molar-refractivity contribution in [3.63, 3.8) is 0 Å². The van der Waals surface area contributed by atoms with Crippen LogP contribution in [0.4, 0.5) is 5.82 Å². The van der Waals surface area contributed by atoms with Crippen LogP contribution in [0.15, 0.2) is 18.2 Å². The van der Waals surface area contributed by atoms with E-state index in [1.165, 1.54) is 0 Å². The van der Waals surface area contributed by atoms with Crippen LogP contribution in [-0.4, -0.2) is 27.8 Å². The maximum Gasteiger partial charge on any atom is 0.162 e. The lowest BCUT2D eigenvalue weighted by Gasteiger charge is -2.21. The molecule has 90 valence electrons. The van der Waals surface area contributed by atoms with E-state index in [2.05, 4.69) is 10.2 Å². The number of hydrogen-bond acceptors (Lipinski definition) is 4. The number of anilines is 1. The molecule has 2 aromatic rings. The monoisotopic (exact) mass is 232 g/mol. The third kappa shape index (κ3) is 1.98. The first kappa shape index (κ1) is 10.5. The molecule has 2 aromatic heterocycles. The topological polar surface area (TPSA) is 65.4 Å². The van der Waals surface area contributed by atoms with E-state index in [-0.39, 0.29) is 0 Å². The Morgan fingerprint density at radius 3 is 2.94 bits per heavy atom. The van der Waals surface area contributed by atoms with Gasteiger partial charge >= 0.3 is 0 Å². The highest BCUT2D eigenvalue weighted by Crippen LogP contribution is 2.20. The minimum absolute atomic E-state index is 0.635. The van der Waals surface area contributed by atoms with E-state index in [1.807, 2.05) is 22.6 Å². The summed E-state index contributed by atoms with van der Waals surface area (Å²) >= 11 is 0. The van der Waals surface area contributed by atoms with Crippen molar-refractivity contribution < 1.29 is 4.74 Å². The van der Waals surface area contributed by atoms with Crippen LogP contribution in [-0.2, 0) is 11.2 Å². The molecule has 1 saturated heterocycles. The summed E-state index contributed by atoms with van der Waals surface area (Å²) in [6, 6.07) is 5.71. The van der Waals surface area contributed by atoms with Gasteiger partial charge in [0, 0.05) is 19.6 Å². The van der Waals surface area contributed by atoms with Crippen molar-refractivity contribution >= 4 is 11.5 Å². The Hall–Kier alpha value is -1.62. The molecule has 3 heterocycles. The van der Waals surface area contributed by atoms with E-state index in [0.717, 1.165) is 43.9 Å². The molecular weight excluding hydrogens is 216 g/mol. The Bertz CT molecular complexity index is 516. The second-order valence-electron chi connectivity index (χ2n) is 4.52. The second-order valence-corrected chi connectivity index (χ2v) is 4.52. The molecule has 3 rings (SSSR count). The predicted octanol–water partition coefficient (Wildman–Crippen LogP) is 1.28. The van der Waals surface area contributed by atoms with Crippen LogP contribution in [0.1, 0.15) is 18.7 Å². The van der Waals surface area contributed by atoms with E-state index in [4.69, 9.17) is 10.5 Å². The Morgan fingerprint density at radius 2 is 2.12 bits per heavy atom. The Kier molecular flexibility index (Phi) is 2.68. The zero-order valence-corrected chi connectivity index (χ0v) is 9.67. The summed E-state index contributed by atoms with van der Waals surface area (Å²) in [6.45, 7) is 1.72. The standard InChI is InChI=1S/C12H16N4O/c13-10-2-1-3-11-14-15-12(16(10)11)8-9-4-6-17-7-5-9/h1-3,9H,4-8,13H2. The van der Waals surface area contributed by atoms with Gasteiger partial charge in [-0.1, -0.05) is 6.07 Å². The molecule has 0 bridgehead atoms. The summed E-state index contributed by atoms with van der Waals surface area (Å²) in [5.74, 6) is 2.30. The summed E-state index contributed by atoms with van der Waals surface area (Å²) in [5, 5.41) is 8.39. The van der Waals surface area contributed by atoms with Crippen molar-refractivity contribution in [2.45, 2.75) is 19.3 Å². The van der Waals surface area contributed by atoms with Crippen molar-refractivity contribution in [1.82, 2.24) is 14.6 Å². The van der Waals surface area contributed by atoms with Crippen LogP contribution in [0, 0.1) is 5.92 Å². The molecule has 0 unspecified atom stereocenters. The number of rotatable bonds is 2. The number of nitrogen functional groups attached to an aromatic ring is 1. The molecule has 0 aromatic carbocycles. The van der Waals surface area contributed by atoms with Gasteiger partial charge in [0.1, 0.15) is 11.6 Å². The van der Waals surface area contributed by atoms with Gasteiger partial charge in [-0.25, -0.2) is 0 Å². The fourth-order valence-electron chi connectivity index (χ4n) is 2.37. The molecular formula is C12H16N4O. The quantitative estimate of drug-likeness (QED) is 0.847. The first-order chi connectivity index (χ1) is 8.34. The summed E-state index contributed by atoms with van der Waals surface area (Å²) in [5.41, 5.74) is 6.79. The number of hydrogen-bond donors (Lipinski definition) is 1. The number of fused-ring (bicyclic) bond motifs is 1. The summed E-state index contributed by atoms with van der Waals surface area (Å²) < 4.78 is 7.30. The van der Waals surface area contributed by atoms with Crippen molar-refractivity contribution in [2.24, 2.45) is 5.92 Å². The van der Waals surface area contributed by atoms with Crippen LogP contribution in [0.25, 0.3) is 5.65 Å². The molecule has 0 radical (unpaired) electrons. The third-order valence-electron chi connectivity index (χ3n) is 3.34. The fraction of sp³-hybridized carbons (Fsp3) is 0.500. The molecule has 0 aliphatic carbocycles. The zero-order chi connectivity index (χ0) is 11.7. The molecule has 0 saturated carbocycles. The van der Waals surface area contributed by atoms with Crippen LogP contribution < -0.4 is 5.73 Å². The molecule has 2 N–H and O–H groups in total. The zero-order valence-electron chi connectivity index (χ0n) is 9.67. The molecule has 1 aliphatic heterocycles. The summed E-state index contributed by atoms with van der Waals surface area (Å²) in [6.07, 6.45) is 3.13. The third-order valence-corrected chi connectivity index (χ3v) is 3.34. The van der Waals surface area contributed by atoms with Gasteiger partial charge in [-0.2, -0.15) is 0 Å². The second kappa shape index (κ2) is 4.33. The molecule has 1 aliphatic rings. The van der Waals surface area contributed by atoms with Crippen molar-refractivity contribution in [3.05, 3.63) is 24.0 Å². The van der Waals surface area contributed by atoms with Crippen LogP contribution in [0.3, 0.4) is 0 Å². The van der Waals surface area contributed by atoms with E-state index < -0.39 is 0 Å². The Morgan fingerprint density at radius 1 is 1.29 bits per heavy atom. The lowest BCUT2D eigenvalue weighted by atomic mass is 9.96. The largest absolute Gasteiger partial charge is 0.385 e. The van der Waals surface area contributed by atoms with E-state index in [1.54, 1.807) is 0 Å². The lowest BCUT2D eigenvalue weighted by molar-refractivity contribution is 0.0659. The maximum absolute atomic E-state index is 5.96. The minimum Gasteiger partial charge on any atom is -0.385 e. The highest BCUT2D eigenvalue weighted by molar-refractivity contribution is 5.47. The average molecular weight is 232 g/mol. The lowest BCUT2D eigenvalue weighted by Crippen LogP contribution is -2.18. The SMILES string of the molecule is Nc1cccc2nnc(CC3CCOCC3)n12. The molecule has 0 spiro atoms. The Labute approximate surface area is 99.6 Å². The van der Waals surface area contributed by atoms with E-state index in [0.29, 0.717) is 11.7 Å². The molecule has 0 atom stereocenters.